The fourth-order valence-corrected chi connectivity index (χ4v) is 1.36. The number of rotatable bonds is 6. The molecule has 18 heavy (non-hydrogen) atoms. The molecule has 1 aromatic heterocycles. The predicted octanol–water partition coefficient (Wildman–Crippen LogP) is 1.72. The average molecular weight is 254 g/mol. The van der Waals surface area contributed by atoms with Crippen LogP contribution in [0.1, 0.15) is 0 Å². The molecule has 1 N–H and O–H groups in total. The van der Waals surface area contributed by atoms with E-state index in [0.29, 0.717) is 18.0 Å². The van der Waals surface area contributed by atoms with Gasteiger partial charge in [-0.15, -0.1) is 10.2 Å². The zero-order valence-electron chi connectivity index (χ0n) is 9.51. The summed E-state index contributed by atoms with van der Waals surface area (Å²) in [4.78, 5) is 4.22. The first-order valence-electron chi connectivity index (χ1n) is 5.45. The van der Waals surface area contributed by atoms with E-state index in [4.69, 9.17) is 4.74 Å². The smallest absolute Gasteiger partial charge is 0.261 e. The van der Waals surface area contributed by atoms with Gasteiger partial charge in [0.25, 0.3) is 6.43 Å². The molecule has 96 valence electrons. The molecule has 0 saturated heterocycles. The Bertz CT molecular complexity index is 509. The summed E-state index contributed by atoms with van der Waals surface area (Å²) >= 11 is 0. The number of nitrogens with one attached hydrogen (secondary N) is 1. The lowest BCUT2D eigenvalue weighted by atomic mass is 10.3. The number of nitrogens with zero attached hydrogens (tertiary/aromatic N) is 3. The molecule has 0 saturated carbocycles. The first-order chi connectivity index (χ1) is 8.75. The highest BCUT2D eigenvalue weighted by atomic mass is 19.3. The van der Waals surface area contributed by atoms with Crippen LogP contribution in [0.4, 0.5) is 14.7 Å². The molecule has 0 fully saturated rings. The van der Waals surface area contributed by atoms with E-state index in [-0.39, 0.29) is 6.61 Å². The molecule has 0 aliphatic heterocycles. The van der Waals surface area contributed by atoms with Gasteiger partial charge in [-0.3, -0.25) is 0 Å². The Morgan fingerprint density at radius 3 is 2.72 bits per heavy atom. The summed E-state index contributed by atoms with van der Waals surface area (Å²) < 4.78 is 28.3. The number of para-hydroxylation sites is 1. The first kappa shape index (κ1) is 12.6. The fourth-order valence-electron chi connectivity index (χ4n) is 1.36. The Morgan fingerprint density at radius 1 is 1.17 bits per heavy atom. The molecule has 1 aromatic carbocycles. The zero-order valence-corrected chi connectivity index (χ0v) is 9.51. The third kappa shape index (κ3) is 3.56. The number of benzene rings is 1. The van der Waals surface area contributed by atoms with E-state index in [9.17, 15) is 8.78 Å². The molecule has 0 atom stereocenters. The zero-order chi connectivity index (χ0) is 12.8. The van der Waals surface area contributed by atoms with E-state index < -0.39 is 13.0 Å². The van der Waals surface area contributed by atoms with Crippen molar-refractivity contribution < 1.29 is 13.5 Å². The summed E-state index contributed by atoms with van der Waals surface area (Å²) in [5.41, 5.74) is 1.43. The van der Waals surface area contributed by atoms with E-state index in [1.54, 1.807) is 0 Å². The summed E-state index contributed by atoms with van der Waals surface area (Å²) in [6, 6.07) is 7.34. The molecule has 2 rings (SSSR count). The molecular weight excluding hydrogens is 242 g/mol. The highest BCUT2D eigenvalue weighted by molar-refractivity contribution is 5.73. The van der Waals surface area contributed by atoms with Crippen LogP contribution >= 0.6 is 0 Å². The minimum absolute atomic E-state index is 0.167. The van der Waals surface area contributed by atoms with Gasteiger partial charge in [-0.1, -0.05) is 12.1 Å². The van der Waals surface area contributed by atoms with E-state index in [1.807, 2.05) is 24.3 Å². The summed E-state index contributed by atoms with van der Waals surface area (Å²) in [6.07, 6.45) is -2.44. The largest absolute Gasteiger partial charge is 0.374 e. The number of ether oxygens (including phenoxy) is 1. The van der Waals surface area contributed by atoms with E-state index in [1.165, 1.54) is 0 Å². The van der Waals surface area contributed by atoms with Crippen LogP contribution in [0.25, 0.3) is 11.0 Å². The Kier molecular flexibility index (Phi) is 4.30. The van der Waals surface area contributed by atoms with Gasteiger partial charge in [-0.05, 0) is 12.1 Å². The Balaban J connectivity index is 1.84. The van der Waals surface area contributed by atoms with Crippen molar-refractivity contribution in [3.05, 3.63) is 24.3 Å². The van der Waals surface area contributed by atoms with Gasteiger partial charge in [-0.2, -0.15) is 0 Å². The lowest BCUT2D eigenvalue weighted by Crippen LogP contribution is -2.14. The molecule has 2 aromatic rings. The minimum Gasteiger partial charge on any atom is -0.374 e. The van der Waals surface area contributed by atoms with Crippen molar-refractivity contribution in [3.8, 4) is 0 Å². The van der Waals surface area contributed by atoms with Crippen LogP contribution in [0, 0.1) is 0 Å². The number of anilines is 1. The summed E-state index contributed by atoms with van der Waals surface area (Å²) in [7, 11) is 0. The van der Waals surface area contributed by atoms with Crippen molar-refractivity contribution >= 4 is 17.0 Å². The van der Waals surface area contributed by atoms with Gasteiger partial charge in [0.1, 0.15) is 12.1 Å². The lowest BCUT2D eigenvalue weighted by molar-refractivity contribution is 0.0214. The quantitative estimate of drug-likeness (QED) is 0.795. The average Bonchev–Trinajstić information content (AvgIpc) is 2.38. The monoisotopic (exact) mass is 254 g/mol. The van der Waals surface area contributed by atoms with Crippen LogP contribution in [0.15, 0.2) is 24.3 Å². The second kappa shape index (κ2) is 6.15. The second-order valence-electron chi connectivity index (χ2n) is 3.52. The lowest BCUT2D eigenvalue weighted by Gasteiger charge is -2.05. The van der Waals surface area contributed by atoms with Gasteiger partial charge < -0.3 is 10.1 Å². The summed E-state index contributed by atoms with van der Waals surface area (Å²) in [5.74, 6) is 0.356. The molecule has 5 nitrogen and oxygen atoms in total. The Labute approximate surface area is 102 Å². The van der Waals surface area contributed by atoms with E-state index >= 15 is 0 Å². The minimum atomic E-state index is -2.44. The number of aromatic nitrogens is 3. The van der Waals surface area contributed by atoms with Crippen LogP contribution in [0.2, 0.25) is 0 Å². The molecular formula is C11H12F2N4O. The van der Waals surface area contributed by atoms with Gasteiger partial charge in [-0.25, -0.2) is 13.8 Å². The molecule has 0 radical (unpaired) electrons. The number of hydrogen-bond donors (Lipinski definition) is 1. The van der Waals surface area contributed by atoms with Gasteiger partial charge in [0, 0.05) is 6.54 Å². The van der Waals surface area contributed by atoms with Gasteiger partial charge in [0.05, 0.1) is 12.1 Å². The first-order valence-corrected chi connectivity index (χ1v) is 5.45. The molecule has 0 unspecified atom stereocenters. The molecule has 1 heterocycles. The van der Waals surface area contributed by atoms with Crippen molar-refractivity contribution in [1.82, 2.24) is 15.2 Å². The highest BCUT2D eigenvalue weighted by Gasteiger charge is 2.02. The van der Waals surface area contributed by atoms with Gasteiger partial charge in [0.15, 0.2) is 0 Å². The van der Waals surface area contributed by atoms with Crippen LogP contribution in [0.5, 0.6) is 0 Å². The Hall–Kier alpha value is -1.89. The second-order valence-corrected chi connectivity index (χ2v) is 3.52. The maximum Gasteiger partial charge on any atom is 0.261 e. The van der Waals surface area contributed by atoms with E-state index in [0.717, 1.165) is 5.52 Å². The fraction of sp³-hybridized carbons (Fsp3) is 0.364. The number of hydrogen-bond acceptors (Lipinski definition) is 5. The van der Waals surface area contributed by atoms with Crippen LogP contribution in [0.3, 0.4) is 0 Å². The molecule has 0 amide bonds. The van der Waals surface area contributed by atoms with Crippen LogP contribution in [-0.4, -0.2) is 41.4 Å². The maximum absolute atomic E-state index is 11.8. The van der Waals surface area contributed by atoms with Crippen LogP contribution in [-0.2, 0) is 4.74 Å². The topological polar surface area (TPSA) is 59.9 Å². The van der Waals surface area contributed by atoms with Crippen LogP contribution < -0.4 is 5.32 Å². The summed E-state index contributed by atoms with van der Waals surface area (Å²) in [6.45, 7) is -0.0359. The third-order valence-corrected chi connectivity index (χ3v) is 2.13. The van der Waals surface area contributed by atoms with Crippen molar-refractivity contribution in [2.24, 2.45) is 0 Å². The van der Waals surface area contributed by atoms with Gasteiger partial charge in [0.2, 0.25) is 5.95 Å². The standard InChI is InChI=1S/C11H12F2N4O/c12-10(13)7-18-6-5-14-11-15-8-3-1-2-4-9(8)16-17-11/h1-4,10H,5-7H2,(H,14,15,17). The molecule has 7 heteroatoms. The normalized spacial score (nSPS) is 11.1. The number of fused-ring (bicyclic) bond motifs is 1. The van der Waals surface area contributed by atoms with Crippen molar-refractivity contribution in [1.29, 1.82) is 0 Å². The van der Waals surface area contributed by atoms with Gasteiger partial charge >= 0.3 is 0 Å². The van der Waals surface area contributed by atoms with Crippen molar-refractivity contribution in [2.75, 3.05) is 25.1 Å². The van der Waals surface area contributed by atoms with Crippen molar-refractivity contribution in [2.45, 2.75) is 6.43 Å². The molecule has 0 aliphatic carbocycles. The third-order valence-electron chi connectivity index (χ3n) is 2.13. The van der Waals surface area contributed by atoms with Crippen molar-refractivity contribution in [3.63, 3.8) is 0 Å². The summed E-state index contributed by atoms with van der Waals surface area (Å²) in [5, 5.41) is 10.7. The molecule has 0 spiro atoms. The SMILES string of the molecule is FC(F)COCCNc1nnc2ccccc2n1. The maximum atomic E-state index is 11.8. The molecule has 0 bridgehead atoms. The molecule has 0 aliphatic rings. The number of halogens is 2. The Morgan fingerprint density at radius 2 is 1.94 bits per heavy atom. The predicted molar refractivity (Wildman–Crippen MR) is 62.6 cm³/mol. The van der Waals surface area contributed by atoms with E-state index in [2.05, 4.69) is 20.5 Å². The number of alkyl halides is 2. The highest BCUT2D eigenvalue weighted by Crippen LogP contribution is 2.08.